The van der Waals surface area contributed by atoms with Gasteiger partial charge in [0.05, 0.1) is 11.7 Å². The molecule has 1 unspecified atom stereocenters. The van der Waals surface area contributed by atoms with Gasteiger partial charge < -0.3 is 9.73 Å². The molecule has 0 aliphatic rings. The van der Waals surface area contributed by atoms with Crippen molar-refractivity contribution < 1.29 is 4.42 Å². The van der Waals surface area contributed by atoms with Crippen LogP contribution in [-0.2, 0) is 6.42 Å². The monoisotopic (exact) mass is 253 g/mol. The fourth-order valence-electron chi connectivity index (χ4n) is 1.57. The summed E-state index contributed by atoms with van der Waals surface area (Å²) in [5.41, 5.74) is 0.905. The topological polar surface area (TPSA) is 76.7 Å². The largest absolute Gasteiger partial charge is 0.418 e. The first kappa shape index (κ1) is 12.1. The van der Waals surface area contributed by atoms with E-state index in [9.17, 15) is 0 Å². The first-order valence-corrected chi connectivity index (χ1v) is 6.39. The van der Waals surface area contributed by atoms with Crippen molar-refractivity contribution in [2.45, 2.75) is 32.7 Å². The second-order valence-electron chi connectivity index (χ2n) is 3.60. The van der Waals surface area contributed by atoms with Gasteiger partial charge in [-0.15, -0.1) is 15.3 Å². The molecule has 1 N–H and O–H groups in total. The molecule has 0 radical (unpaired) electrons. The number of nitrogens with zero attached hydrogens (tertiary/aromatic N) is 4. The Hall–Kier alpha value is -1.34. The first-order chi connectivity index (χ1) is 8.30. The van der Waals surface area contributed by atoms with E-state index in [4.69, 9.17) is 4.42 Å². The molecular formula is C10H15N5OS. The molecule has 0 bridgehead atoms. The Morgan fingerprint density at radius 3 is 2.76 bits per heavy atom. The molecule has 17 heavy (non-hydrogen) atoms. The molecule has 0 aliphatic carbocycles. The van der Waals surface area contributed by atoms with Gasteiger partial charge in [-0.2, -0.15) is 0 Å². The van der Waals surface area contributed by atoms with Gasteiger partial charge in [0.1, 0.15) is 4.88 Å². The highest BCUT2D eigenvalue weighted by molar-refractivity contribution is 7.09. The van der Waals surface area contributed by atoms with E-state index < -0.39 is 0 Å². The highest BCUT2D eigenvalue weighted by atomic mass is 32.1. The Labute approximate surface area is 104 Å². The summed E-state index contributed by atoms with van der Waals surface area (Å²) in [6.45, 7) is 4.09. The fourth-order valence-corrected chi connectivity index (χ4v) is 2.24. The number of hydrogen-bond acceptors (Lipinski definition) is 7. The third-order valence-electron chi connectivity index (χ3n) is 2.58. The fraction of sp³-hybridized carbons (Fsp3) is 0.600. The van der Waals surface area contributed by atoms with Crippen molar-refractivity contribution in [2.75, 3.05) is 7.05 Å². The summed E-state index contributed by atoms with van der Waals surface area (Å²) in [5.74, 6) is 1.13. The van der Waals surface area contributed by atoms with Crippen molar-refractivity contribution in [1.82, 2.24) is 25.1 Å². The molecule has 7 heteroatoms. The van der Waals surface area contributed by atoms with Crippen LogP contribution in [0.15, 0.2) is 4.42 Å². The summed E-state index contributed by atoms with van der Waals surface area (Å²) in [4.78, 5) is 0.872. The lowest BCUT2D eigenvalue weighted by Crippen LogP contribution is -2.15. The molecular weight excluding hydrogens is 238 g/mol. The van der Waals surface area contributed by atoms with E-state index in [0.29, 0.717) is 11.8 Å². The number of rotatable bonds is 5. The second-order valence-corrected chi connectivity index (χ2v) is 4.35. The van der Waals surface area contributed by atoms with Crippen molar-refractivity contribution in [3.8, 4) is 10.8 Å². The molecule has 2 rings (SSSR count). The second kappa shape index (κ2) is 5.33. The molecule has 6 nitrogen and oxygen atoms in total. The molecule has 0 fully saturated rings. The average Bonchev–Trinajstić information content (AvgIpc) is 2.98. The van der Waals surface area contributed by atoms with Crippen LogP contribution < -0.4 is 5.32 Å². The number of aryl methyl sites for hydroxylation is 1. The quantitative estimate of drug-likeness (QED) is 0.875. The van der Waals surface area contributed by atoms with Crippen LogP contribution in [0.3, 0.4) is 0 Å². The standard InChI is InChI=1S/C10H15N5OS/c1-4-6-8(17-15-12-6)10-14-13-9(16-10)7(5-2)11-3/h7,11H,4-5H2,1-3H3. The zero-order chi connectivity index (χ0) is 12.3. The zero-order valence-corrected chi connectivity index (χ0v) is 10.9. The van der Waals surface area contributed by atoms with E-state index in [2.05, 4.69) is 32.0 Å². The first-order valence-electron chi connectivity index (χ1n) is 5.62. The molecule has 2 aromatic heterocycles. The molecule has 0 amide bonds. The molecule has 92 valence electrons. The van der Waals surface area contributed by atoms with Crippen molar-refractivity contribution in [1.29, 1.82) is 0 Å². The van der Waals surface area contributed by atoms with Crippen LogP contribution in [0.1, 0.15) is 37.9 Å². The maximum atomic E-state index is 5.66. The molecule has 0 saturated carbocycles. The van der Waals surface area contributed by atoms with E-state index in [1.807, 2.05) is 14.0 Å². The van der Waals surface area contributed by atoms with E-state index in [1.54, 1.807) is 0 Å². The highest BCUT2D eigenvalue weighted by Crippen LogP contribution is 2.27. The van der Waals surface area contributed by atoms with E-state index in [0.717, 1.165) is 23.4 Å². The minimum Gasteiger partial charge on any atom is -0.418 e. The van der Waals surface area contributed by atoms with Crippen molar-refractivity contribution in [2.24, 2.45) is 0 Å². The van der Waals surface area contributed by atoms with Gasteiger partial charge in [0.2, 0.25) is 5.89 Å². The lowest BCUT2D eigenvalue weighted by Gasteiger charge is -2.06. The number of hydrogen-bond donors (Lipinski definition) is 1. The minimum atomic E-state index is 0.0993. The summed E-state index contributed by atoms with van der Waals surface area (Å²) >= 11 is 1.29. The zero-order valence-electron chi connectivity index (χ0n) is 10.1. The van der Waals surface area contributed by atoms with Gasteiger partial charge in [0.15, 0.2) is 0 Å². The van der Waals surface area contributed by atoms with Crippen LogP contribution in [0, 0.1) is 0 Å². The van der Waals surface area contributed by atoms with Crippen LogP contribution in [-0.4, -0.2) is 26.8 Å². The van der Waals surface area contributed by atoms with Gasteiger partial charge in [-0.3, -0.25) is 0 Å². The maximum Gasteiger partial charge on any atom is 0.261 e. The Bertz CT molecular complexity index is 477. The Kier molecular flexibility index (Phi) is 3.80. The summed E-state index contributed by atoms with van der Waals surface area (Å²) in [5, 5.41) is 15.3. The van der Waals surface area contributed by atoms with Crippen LogP contribution >= 0.6 is 11.5 Å². The molecule has 0 aliphatic heterocycles. The van der Waals surface area contributed by atoms with Gasteiger partial charge in [-0.25, -0.2) is 0 Å². The van der Waals surface area contributed by atoms with Gasteiger partial charge >= 0.3 is 0 Å². The molecule has 2 heterocycles. The van der Waals surface area contributed by atoms with Gasteiger partial charge in [0, 0.05) is 0 Å². The normalized spacial score (nSPS) is 12.9. The van der Waals surface area contributed by atoms with E-state index in [-0.39, 0.29) is 6.04 Å². The predicted molar refractivity (Wildman–Crippen MR) is 64.7 cm³/mol. The Morgan fingerprint density at radius 1 is 1.29 bits per heavy atom. The Morgan fingerprint density at radius 2 is 2.12 bits per heavy atom. The van der Waals surface area contributed by atoms with E-state index in [1.165, 1.54) is 11.5 Å². The lowest BCUT2D eigenvalue weighted by molar-refractivity contribution is 0.415. The smallest absolute Gasteiger partial charge is 0.261 e. The summed E-state index contributed by atoms with van der Waals surface area (Å²) < 4.78 is 9.57. The van der Waals surface area contributed by atoms with Crippen molar-refractivity contribution >= 4 is 11.5 Å². The van der Waals surface area contributed by atoms with Gasteiger partial charge in [0.25, 0.3) is 5.89 Å². The third kappa shape index (κ3) is 2.34. The summed E-state index contributed by atoms with van der Waals surface area (Å²) in [6, 6.07) is 0.0993. The molecule has 0 saturated heterocycles. The van der Waals surface area contributed by atoms with E-state index >= 15 is 0 Å². The van der Waals surface area contributed by atoms with Crippen LogP contribution in [0.5, 0.6) is 0 Å². The lowest BCUT2D eigenvalue weighted by atomic mass is 10.2. The molecule has 2 aromatic rings. The molecule has 0 aromatic carbocycles. The van der Waals surface area contributed by atoms with Crippen molar-refractivity contribution in [3.63, 3.8) is 0 Å². The predicted octanol–water partition coefficient (Wildman–Crippen LogP) is 1.82. The van der Waals surface area contributed by atoms with Crippen LogP contribution in [0.4, 0.5) is 0 Å². The van der Waals surface area contributed by atoms with Crippen molar-refractivity contribution in [3.05, 3.63) is 11.6 Å². The van der Waals surface area contributed by atoms with Crippen LogP contribution in [0.25, 0.3) is 10.8 Å². The van der Waals surface area contributed by atoms with Gasteiger partial charge in [-0.1, -0.05) is 18.3 Å². The maximum absolute atomic E-state index is 5.66. The number of aromatic nitrogens is 4. The molecule has 1 atom stereocenters. The summed E-state index contributed by atoms with van der Waals surface area (Å²) in [7, 11) is 1.88. The number of nitrogens with one attached hydrogen (secondary N) is 1. The molecule has 0 spiro atoms. The van der Waals surface area contributed by atoms with Gasteiger partial charge in [-0.05, 0) is 31.4 Å². The summed E-state index contributed by atoms with van der Waals surface area (Å²) in [6.07, 6.45) is 1.71. The highest BCUT2D eigenvalue weighted by Gasteiger charge is 2.19. The van der Waals surface area contributed by atoms with Crippen LogP contribution in [0.2, 0.25) is 0 Å². The third-order valence-corrected chi connectivity index (χ3v) is 3.34. The Balaban J connectivity index is 2.29. The SMILES string of the molecule is CCc1nnsc1-c1nnc(C(CC)NC)o1. The minimum absolute atomic E-state index is 0.0993. The average molecular weight is 253 g/mol.